The number of hydrogen-bond acceptors (Lipinski definition) is 3. The zero-order valence-corrected chi connectivity index (χ0v) is 13.5. The highest BCUT2D eigenvalue weighted by Gasteiger charge is 2.44. The molecule has 1 fully saturated rings. The van der Waals surface area contributed by atoms with Crippen molar-refractivity contribution in [2.45, 2.75) is 19.3 Å². The Morgan fingerprint density at radius 1 is 1.35 bits per heavy atom. The van der Waals surface area contributed by atoms with Crippen molar-refractivity contribution in [1.82, 2.24) is 4.57 Å². The van der Waals surface area contributed by atoms with Gasteiger partial charge in [-0.1, -0.05) is 12.1 Å². The summed E-state index contributed by atoms with van der Waals surface area (Å²) in [6, 6.07) is 9.61. The molecule has 0 aliphatic heterocycles. The monoisotopic (exact) mass is 312 g/mol. The van der Waals surface area contributed by atoms with Gasteiger partial charge in [0.25, 0.3) is 5.56 Å². The number of methoxy groups -OCH3 is 1. The standard InChI is InChI=1S/C18H20N2O3/c1-11-7-8-20(2)18(22)16(11)19-17(21)15-10-14(15)12-5-4-6-13(9-12)23-3/h4-9,14-15H,10H2,1-3H3,(H,19,21)/t14-,15+/m0/s1. The molecule has 5 heteroatoms. The van der Waals surface area contributed by atoms with E-state index in [2.05, 4.69) is 5.32 Å². The fraction of sp³-hybridized carbons (Fsp3) is 0.333. The number of nitrogens with zero attached hydrogens (tertiary/aromatic N) is 1. The molecule has 0 spiro atoms. The summed E-state index contributed by atoms with van der Waals surface area (Å²) in [5.74, 6) is 0.801. The van der Waals surface area contributed by atoms with E-state index < -0.39 is 0 Å². The highest BCUT2D eigenvalue weighted by atomic mass is 16.5. The third kappa shape index (κ3) is 2.99. The fourth-order valence-electron chi connectivity index (χ4n) is 2.81. The molecule has 1 amide bonds. The lowest BCUT2D eigenvalue weighted by Gasteiger charge is -2.09. The van der Waals surface area contributed by atoms with Crippen LogP contribution in [0, 0.1) is 12.8 Å². The number of rotatable bonds is 4. The summed E-state index contributed by atoms with van der Waals surface area (Å²) in [6.45, 7) is 1.82. The van der Waals surface area contributed by atoms with Crippen LogP contribution in [0.2, 0.25) is 0 Å². The number of anilines is 1. The van der Waals surface area contributed by atoms with E-state index in [4.69, 9.17) is 4.74 Å². The van der Waals surface area contributed by atoms with E-state index in [9.17, 15) is 9.59 Å². The minimum absolute atomic E-state index is 0.0913. The summed E-state index contributed by atoms with van der Waals surface area (Å²) in [5.41, 5.74) is 2.07. The zero-order valence-electron chi connectivity index (χ0n) is 13.5. The molecule has 0 unspecified atom stereocenters. The van der Waals surface area contributed by atoms with Crippen LogP contribution in [0.5, 0.6) is 5.75 Å². The van der Waals surface area contributed by atoms with E-state index in [0.29, 0.717) is 5.69 Å². The number of ether oxygens (including phenoxy) is 1. The first-order chi connectivity index (χ1) is 11.0. The van der Waals surface area contributed by atoms with E-state index in [0.717, 1.165) is 23.3 Å². The third-order valence-electron chi connectivity index (χ3n) is 4.37. The highest BCUT2D eigenvalue weighted by molar-refractivity contribution is 5.95. The third-order valence-corrected chi connectivity index (χ3v) is 4.37. The molecule has 0 saturated heterocycles. The number of aromatic nitrogens is 1. The lowest BCUT2D eigenvalue weighted by atomic mass is 10.1. The Labute approximate surface area is 134 Å². The van der Waals surface area contributed by atoms with E-state index >= 15 is 0 Å². The molecule has 0 bridgehead atoms. The van der Waals surface area contributed by atoms with Crippen molar-refractivity contribution in [2.24, 2.45) is 13.0 Å². The summed E-state index contributed by atoms with van der Waals surface area (Å²) in [4.78, 5) is 24.6. The van der Waals surface area contributed by atoms with Gasteiger partial charge in [-0.15, -0.1) is 0 Å². The van der Waals surface area contributed by atoms with Crippen LogP contribution in [0.4, 0.5) is 5.69 Å². The number of carbonyl (C=O) groups is 1. The topological polar surface area (TPSA) is 60.3 Å². The first kappa shape index (κ1) is 15.3. The zero-order chi connectivity index (χ0) is 16.6. The molecule has 1 aliphatic carbocycles. The molecule has 1 heterocycles. The van der Waals surface area contributed by atoms with Crippen LogP contribution in [0.25, 0.3) is 0 Å². The maximum absolute atomic E-state index is 12.4. The Morgan fingerprint density at radius 2 is 2.13 bits per heavy atom. The van der Waals surface area contributed by atoms with Gasteiger partial charge in [-0.05, 0) is 48.6 Å². The Hall–Kier alpha value is -2.56. The van der Waals surface area contributed by atoms with Crippen molar-refractivity contribution in [3.63, 3.8) is 0 Å². The maximum Gasteiger partial charge on any atom is 0.274 e. The summed E-state index contributed by atoms with van der Waals surface area (Å²) in [7, 11) is 3.30. The molecule has 1 saturated carbocycles. The van der Waals surface area contributed by atoms with E-state index in [1.54, 1.807) is 20.4 Å². The molecule has 1 aliphatic rings. The first-order valence-electron chi connectivity index (χ1n) is 7.62. The van der Waals surface area contributed by atoms with Crippen molar-refractivity contribution >= 4 is 11.6 Å². The molecule has 23 heavy (non-hydrogen) atoms. The van der Waals surface area contributed by atoms with E-state index in [1.807, 2.05) is 37.3 Å². The Kier molecular flexibility index (Phi) is 3.94. The number of amides is 1. The number of carbonyl (C=O) groups excluding carboxylic acids is 1. The van der Waals surface area contributed by atoms with Gasteiger partial charge in [0.2, 0.25) is 5.91 Å². The summed E-state index contributed by atoms with van der Waals surface area (Å²) >= 11 is 0. The van der Waals surface area contributed by atoms with Gasteiger partial charge in [0.05, 0.1) is 7.11 Å². The van der Waals surface area contributed by atoms with Crippen LogP contribution >= 0.6 is 0 Å². The Morgan fingerprint density at radius 3 is 2.87 bits per heavy atom. The van der Waals surface area contributed by atoms with Gasteiger partial charge in [0.15, 0.2) is 0 Å². The molecule has 3 rings (SSSR count). The predicted molar refractivity (Wildman–Crippen MR) is 88.9 cm³/mol. The van der Waals surface area contributed by atoms with Gasteiger partial charge in [0.1, 0.15) is 11.4 Å². The normalized spacial score (nSPS) is 19.3. The quantitative estimate of drug-likeness (QED) is 0.943. The van der Waals surface area contributed by atoms with Crippen LogP contribution in [0.1, 0.15) is 23.5 Å². The van der Waals surface area contributed by atoms with Crippen molar-refractivity contribution < 1.29 is 9.53 Å². The second-order valence-electron chi connectivity index (χ2n) is 6.00. The van der Waals surface area contributed by atoms with Crippen LogP contribution < -0.4 is 15.6 Å². The average molecular weight is 312 g/mol. The van der Waals surface area contributed by atoms with Crippen LogP contribution in [-0.4, -0.2) is 17.6 Å². The highest BCUT2D eigenvalue weighted by Crippen LogP contribution is 2.48. The predicted octanol–water partition coefficient (Wildman–Crippen LogP) is 2.44. The number of nitrogens with one attached hydrogen (secondary N) is 1. The minimum Gasteiger partial charge on any atom is -0.497 e. The number of pyridine rings is 1. The van der Waals surface area contributed by atoms with Gasteiger partial charge >= 0.3 is 0 Å². The number of hydrogen-bond donors (Lipinski definition) is 1. The fourth-order valence-corrected chi connectivity index (χ4v) is 2.81. The van der Waals surface area contributed by atoms with Crippen molar-refractivity contribution in [3.05, 3.63) is 58.0 Å². The molecule has 0 radical (unpaired) electrons. The molecular formula is C18H20N2O3. The van der Waals surface area contributed by atoms with E-state index in [-0.39, 0.29) is 23.3 Å². The first-order valence-corrected chi connectivity index (χ1v) is 7.62. The summed E-state index contributed by atoms with van der Waals surface area (Å²) < 4.78 is 6.69. The molecule has 1 N–H and O–H groups in total. The second kappa shape index (κ2) is 5.91. The van der Waals surface area contributed by atoms with Crippen LogP contribution in [0.15, 0.2) is 41.3 Å². The molecule has 120 valence electrons. The second-order valence-corrected chi connectivity index (χ2v) is 6.00. The lowest BCUT2D eigenvalue weighted by molar-refractivity contribution is -0.117. The van der Waals surface area contributed by atoms with Crippen molar-refractivity contribution in [2.75, 3.05) is 12.4 Å². The molecule has 1 aromatic carbocycles. The van der Waals surface area contributed by atoms with Crippen LogP contribution in [0.3, 0.4) is 0 Å². The van der Waals surface area contributed by atoms with Crippen LogP contribution in [-0.2, 0) is 11.8 Å². The van der Waals surface area contributed by atoms with Crippen molar-refractivity contribution in [1.29, 1.82) is 0 Å². The molecule has 5 nitrogen and oxygen atoms in total. The molecule has 2 aromatic rings. The smallest absolute Gasteiger partial charge is 0.274 e. The van der Waals surface area contributed by atoms with E-state index in [1.165, 1.54) is 4.57 Å². The number of aryl methyl sites for hydroxylation is 2. The Balaban J connectivity index is 1.74. The Bertz CT molecular complexity index is 810. The summed E-state index contributed by atoms with van der Waals surface area (Å²) in [6.07, 6.45) is 2.49. The van der Waals surface area contributed by atoms with Gasteiger partial charge < -0.3 is 14.6 Å². The minimum atomic E-state index is -0.183. The molecule has 1 aromatic heterocycles. The SMILES string of the molecule is COc1cccc([C@@H]2C[C@H]2C(=O)Nc2c(C)ccn(C)c2=O)c1. The largest absolute Gasteiger partial charge is 0.497 e. The van der Waals surface area contributed by atoms with Gasteiger partial charge in [-0.25, -0.2) is 0 Å². The van der Waals surface area contributed by atoms with Crippen molar-refractivity contribution in [3.8, 4) is 5.75 Å². The molecule has 2 atom stereocenters. The maximum atomic E-state index is 12.4. The van der Waals surface area contributed by atoms with Gasteiger partial charge in [0, 0.05) is 19.2 Å². The summed E-state index contributed by atoms with van der Waals surface area (Å²) in [5, 5.41) is 2.81. The van der Waals surface area contributed by atoms with Gasteiger partial charge in [-0.3, -0.25) is 9.59 Å². The number of benzene rings is 1. The lowest BCUT2D eigenvalue weighted by Crippen LogP contribution is -2.26. The average Bonchev–Trinajstić information content (AvgIpc) is 3.36. The molecular weight excluding hydrogens is 292 g/mol. The van der Waals surface area contributed by atoms with Gasteiger partial charge in [-0.2, -0.15) is 0 Å².